The van der Waals surface area contributed by atoms with Gasteiger partial charge < -0.3 is 10.1 Å². The molecule has 0 aliphatic heterocycles. The quantitative estimate of drug-likeness (QED) is 0.283. The molecule has 1 N–H and O–H groups in total. The first-order chi connectivity index (χ1) is 14.3. The van der Waals surface area contributed by atoms with Crippen molar-refractivity contribution in [3.63, 3.8) is 0 Å². The molecular formula is C25H36N2O2. The average molecular weight is 397 g/mol. The number of unbranched alkanes of at least 4 members (excludes halogenated alkanes) is 7. The number of hydrogen-bond acceptors (Lipinski definition) is 4. The van der Waals surface area contributed by atoms with E-state index in [1.807, 2.05) is 18.2 Å². The van der Waals surface area contributed by atoms with E-state index in [0.717, 1.165) is 23.5 Å². The van der Waals surface area contributed by atoms with Gasteiger partial charge in [0, 0.05) is 24.8 Å². The third-order valence-electron chi connectivity index (χ3n) is 5.04. The van der Waals surface area contributed by atoms with Crippen molar-refractivity contribution in [3.8, 4) is 0 Å². The Morgan fingerprint density at radius 2 is 1.66 bits per heavy atom. The number of benzene rings is 1. The summed E-state index contributed by atoms with van der Waals surface area (Å²) in [4.78, 5) is 16.0. The van der Waals surface area contributed by atoms with E-state index < -0.39 is 0 Å². The molecule has 0 aliphatic carbocycles. The molecule has 2 rings (SSSR count). The minimum atomic E-state index is -0.187. The summed E-state index contributed by atoms with van der Waals surface area (Å²) in [6.07, 6.45) is 13.5. The van der Waals surface area contributed by atoms with E-state index in [2.05, 4.69) is 41.5 Å². The SMILES string of the molecule is CCCCCCCCCCNc1ccc(CCC(=O)OCc2ccccn2)cc1. The van der Waals surface area contributed by atoms with Gasteiger partial charge in [0.15, 0.2) is 0 Å². The lowest BCUT2D eigenvalue weighted by molar-refractivity contribution is -0.145. The maximum absolute atomic E-state index is 11.9. The van der Waals surface area contributed by atoms with Crippen LogP contribution in [0.5, 0.6) is 0 Å². The highest BCUT2D eigenvalue weighted by atomic mass is 16.5. The Morgan fingerprint density at radius 3 is 2.34 bits per heavy atom. The summed E-state index contributed by atoms with van der Waals surface area (Å²) in [5, 5.41) is 3.49. The zero-order valence-electron chi connectivity index (χ0n) is 17.9. The van der Waals surface area contributed by atoms with Crippen LogP contribution < -0.4 is 5.32 Å². The summed E-state index contributed by atoms with van der Waals surface area (Å²) in [6, 6.07) is 14.0. The Balaban J connectivity index is 1.53. The maximum Gasteiger partial charge on any atom is 0.306 e. The topological polar surface area (TPSA) is 51.2 Å². The Kier molecular flexibility index (Phi) is 11.6. The van der Waals surface area contributed by atoms with Crippen LogP contribution in [0, 0.1) is 0 Å². The fraction of sp³-hybridized carbons (Fsp3) is 0.520. The highest BCUT2D eigenvalue weighted by Gasteiger charge is 2.05. The number of anilines is 1. The Bertz CT molecular complexity index is 671. The molecule has 1 aromatic carbocycles. The number of esters is 1. The molecule has 4 nitrogen and oxygen atoms in total. The molecular weight excluding hydrogens is 360 g/mol. The Labute approximate surface area is 176 Å². The largest absolute Gasteiger partial charge is 0.459 e. The molecule has 0 atom stereocenters. The van der Waals surface area contributed by atoms with Crippen molar-refractivity contribution in [2.45, 2.75) is 77.7 Å². The molecule has 0 fully saturated rings. The summed E-state index contributed by atoms with van der Waals surface area (Å²) in [6.45, 7) is 3.52. The predicted molar refractivity (Wildman–Crippen MR) is 120 cm³/mol. The first-order valence-electron chi connectivity index (χ1n) is 11.2. The van der Waals surface area contributed by atoms with Crippen LogP contribution >= 0.6 is 0 Å². The molecule has 0 bridgehead atoms. The van der Waals surface area contributed by atoms with Gasteiger partial charge in [-0.25, -0.2) is 0 Å². The number of pyridine rings is 1. The molecule has 0 amide bonds. The van der Waals surface area contributed by atoms with Gasteiger partial charge in [-0.1, -0.05) is 70.1 Å². The number of hydrogen-bond donors (Lipinski definition) is 1. The van der Waals surface area contributed by atoms with Crippen LogP contribution in [-0.2, 0) is 22.6 Å². The predicted octanol–water partition coefficient (Wildman–Crippen LogP) is 6.31. The van der Waals surface area contributed by atoms with E-state index in [9.17, 15) is 4.79 Å². The second-order valence-electron chi connectivity index (χ2n) is 7.58. The van der Waals surface area contributed by atoms with Gasteiger partial charge in [0.25, 0.3) is 0 Å². The number of aryl methyl sites for hydroxylation is 1. The van der Waals surface area contributed by atoms with Crippen LogP contribution in [0.4, 0.5) is 5.69 Å². The van der Waals surface area contributed by atoms with E-state index in [-0.39, 0.29) is 12.6 Å². The zero-order chi connectivity index (χ0) is 20.6. The molecule has 2 aromatic rings. The lowest BCUT2D eigenvalue weighted by atomic mass is 10.1. The second-order valence-corrected chi connectivity index (χ2v) is 7.58. The number of aromatic nitrogens is 1. The lowest BCUT2D eigenvalue weighted by Crippen LogP contribution is -2.06. The van der Waals surface area contributed by atoms with Crippen molar-refractivity contribution in [1.82, 2.24) is 4.98 Å². The monoisotopic (exact) mass is 396 g/mol. The van der Waals surface area contributed by atoms with Crippen LogP contribution in [-0.4, -0.2) is 17.5 Å². The van der Waals surface area contributed by atoms with Crippen molar-refractivity contribution in [1.29, 1.82) is 0 Å². The smallest absolute Gasteiger partial charge is 0.306 e. The molecule has 158 valence electrons. The number of ether oxygens (including phenoxy) is 1. The molecule has 29 heavy (non-hydrogen) atoms. The van der Waals surface area contributed by atoms with Crippen molar-refractivity contribution in [2.24, 2.45) is 0 Å². The minimum Gasteiger partial charge on any atom is -0.459 e. The molecule has 1 aromatic heterocycles. The van der Waals surface area contributed by atoms with Crippen molar-refractivity contribution in [2.75, 3.05) is 11.9 Å². The minimum absolute atomic E-state index is 0.187. The summed E-state index contributed by atoms with van der Waals surface area (Å²) < 4.78 is 5.27. The average Bonchev–Trinajstić information content (AvgIpc) is 2.76. The van der Waals surface area contributed by atoms with Crippen molar-refractivity contribution < 1.29 is 9.53 Å². The molecule has 1 heterocycles. The van der Waals surface area contributed by atoms with Gasteiger partial charge in [-0.3, -0.25) is 9.78 Å². The normalized spacial score (nSPS) is 10.7. The standard InChI is InChI=1S/C25H36N2O2/c1-2-3-4-5-6-7-8-10-19-26-23-16-13-22(14-17-23)15-18-25(28)29-21-24-12-9-11-20-27-24/h9,11-14,16-17,20,26H,2-8,10,15,18-19,21H2,1H3. The van der Waals surface area contributed by atoms with Crippen LogP contribution in [0.25, 0.3) is 0 Å². The van der Waals surface area contributed by atoms with Crippen LogP contribution in [0.3, 0.4) is 0 Å². The number of nitrogens with one attached hydrogen (secondary N) is 1. The number of carbonyl (C=O) groups is 1. The third kappa shape index (κ3) is 10.7. The van der Waals surface area contributed by atoms with E-state index in [1.54, 1.807) is 6.20 Å². The number of rotatable bonds is 15. The van der Waals surface area contributed by atoms with Gasteiger partial charge in [0.1, 0.15) is 6.61 Å². The van der Waals surface area contributed by atoms with Crippen LogP contribution in [0.2, 0.25) is 0 Å². The zero-order valence-corrected chi connectivity index (χ0v) is 17.9. The highest BCUT2D eigenvalue weighted by molar-refractivity contribution is 5.69. The Hall–Kier alpha value is -2.36. The molecule has 0 radical (unpaired) electrons. The van der Waals surface area contributed by atoms with Crippen molar-refractivity contribution in [3.05, 3.63) is 59.9 Å². The molecule has 0 spiro atoms. The fourth-order valence-electron chi connectivity index (χ4n) is 3.24. The summed E-state index contributed by atoms with van der Waals surface area (Å²) in [7, 11) is 0. The fourth-order valence-corrected chi connectivity index (χ4v) is 3.24. The van der Waals surface area contributed by atoms with Gasteiger partial charge in [0.2, 0.25) is 0 Å². The number of nitrogens with zero attached hydrogens (tertiary/aromatic N) is 1. The molecule has 0 aliphatic rings. The first kappa shape index (κ1) is 22.9. The van der Waals surface area contributed by atoms with E-state index in [0.29, 0.717) is 12.8 Å². The van der Waals surface area contributed by atoms with Crippen LogP contribution in [0.15, 0.2) is 48.7 Å². The van der Waals surface area contributed by atoms with Gasteiger partial charge in [-0.05, 0) is 42.7 Å². The van der Waals surface area contributed by atoms with Gasteiger partial charge in [-0.15, -0.1) is 0 Å². The highest BCUT2D eigenvalue weighted by Crippen LogP contribution is 2.13. The summed E-state index contributed by atoms with van der Waals surface area (Å²) >= 11 is 0. The second kappa shape index (κ2) is 14.6. The van der Waals surface area contributed by atoms with Crippen molar-refractivity contribution >= 4 is 11.7 Å². The third-order valence-corrected chi connectivity index (χ3v) is 5.04. The molecule has 0 unspecified atom stereocenters. The summed E-state index contributed by atoms with van der Waals surface area (Å²) in [5.74, 6) is -0.187. The lowest BCUT2D eigenvalue weighted by Gasteiger charge is -2.08. The molecule has 0 saturated heterocycles. The van der Waals surface area contributed by atoms with Gasteiger partial charge in [-0.2, -0.15) is 0 Å². The Morgan fingerprint density at radius 1 is 0.931 bits per heavy atom. The van der Waals surface area contributed by atoms with E-state index in [4.69, 9.17) is 4.74 Å². The molecule has 0 saturated carbocycles. The first-order valence-corrected chi connectivity index (χ1v) is 11.2. The maximum atomic E-state index is 11.9. The van der Waals surface area contributed by atoms with E-state index >= 15 is 0 Å². The number of carbonyl (C=O) groups excluding carboxylic acids is 1. The summed E-state index contributed by atoms with van der Waals surface area (Å²) in [5.41, 5.74) is 3.07. The van der Waals surface area contributed by atoms with E-state index in [1.165, 1.54) is 51.4 Å². The van der Waals surface area contributed by atoms with Crippen LogP contribution in [0.1, 0.15) is 76.0 Å². The van der Waals surface area contributed by atoms with Gasteiger partial charge in [0.05, 0.1) is 5.69 Å². The molecule has 4 heteroatoms. The van der Waals surface area contributed by atoms with Gasteiger partial charge >= 0.3 is 5.97 Å².